The predicted molar refractivity (Wildman–Crippen MR) is 115 cm³/mol. The van der Waals surface area contributed by atoms with E-state index >= 15 is 0 Å². The molecule has 0 bridgehead atoms. The summed E-state index contributed by atoms with van der Waals surface area (Å²) in [5.74, 6) is -0.215. The summed E-state index contributed by atoms with van der Waals surface area (Å²) in [4.78, 5) is 16.9. The zero-order valence-corrected chi connectivity index (χ0v) is 16.4. The lowest BCUT2D eigenvalue weighted by atomic mass is 10.1. The number of aryl methyl sites for hydroxylation is 1. The fraction of sp³-hybridized carbons (Fsp3) is 0.0909. The van der Waals surface area contributed by atoms with Crippen molar-refractivity contribution in [2.45, 2.75) is 12.8 Å². The molecule has 28 heavy (non-hydrogen) atoms. The molecule has 0 aliphatic heterocycles. The summed E-state index contributed by atoms with van der Waals surface area (Å²) in [5.41, 5.74) is 2.74. The number of hydrogen-bond donors (Lipinski definition) is 2. The molecule has 0 spiro atoms. The Hall–Kier alpha value is -2.89. The van der Waals surface area contributed by atoms with Gasteiger partial charge in [-0.25, -0.2) is 4.98 Å². The van der Waals surface area contributed by atoms with E-state index < -0.39 is 0 Å². The van der Waals surface area contributed by atoms with E-state index in [9.17, 15) is 9.90 Å². The minimum Gasteiger partial charge on any atom is -0.505 e. The van der Waals surface area contributed by atoms with Gasteiger partial charge in [0.1, 0.15) is 10.8 Å². The first-order chi connectivity index (χ1) is 13.6. The van der Waals surface area contributed by atoms with Crippen molar-refractivity contribution in [1.82, 2.24) is 4.98 Å². The molecule has 140 valence electrons. The van der Waals surface area contributed by atoms with Gasteiger partial charge in [0, 0.05) is 11.4 Å². The molecule has 4 nitrogen and oxygen atoms in total. The van der Waals surface area contributed by atoms with E-state index in [0.717, 1.165) is 15.8 Å². The average molecular weight is 409 g/mol. The number of rotatable bonds is 5. The van der Waals surface area contributed by atoms with Crippen molar-refractivity contribution in [3.63, 3.8) is 0 Å². The highest BCUT2D eigenvalue weighted by Crippen LogP contribution is 2.41. The van der Waals surface area contributed by atoms with Gasteiger partial charge in [-0.05, 0) is 36.2 Å². The number of carbonyl (C=O) groups excluding carboxylic acids is 1. The number of phenolic OH excluding ortho intramolecular Hbond substituents is 1. The molecule has 1 heterocycles. The number of carbonyl (C=O) groups is 1. The summed E-state index contributed by atoms with van der Waals surface area (Å²) < 4.78 is 1.02. The van der Waals surface area contributed by atoms with E-state index in [1.807, 2.05) is 54.6 Å². The number of fused-ring (bicyclic) bond motifs is 1. The molecular formula is C22H17ClN2O2S. The van der Waals surface area contributed by atoms with Crippen molar-refractivity contribution in [3.8, 4) is 16.3 Å². The molecule has 0 unspecified atom stereocenters. The third kappa shape index (κ3) is 4.01. The van der Waals surface area contributed by atoms with Crippen molar-refractivity contribution in [2.75, 3.05) is 5.32 Å². The molecule has 4 aromatic rings. The van der Waals surface area contributed by atoms with Crippen molar-refractivity contribution in [3.05, 3.63) is 77.3 Å². The highest BCUT2D eigenvalue weighted by atomic mass is 35.5. The fourth-order valence-corrected chi connectivity index (χ4v) is 4.16. The summed E-state index contributed by atoms with van der Waals surface area (Å²) in [5, 5.41) is 14.6. The van der Waals surface area contributed by atoms with Crippen LogP contribution in [-0.4, -0.2) is 16.0 Å². The van der Waals surface area contributed by atoms with E-state index in [1.54, 1.807) is 12.1 Å². The van der Waals surface area contributed by atoms with Crippen molar-refractivity contribution in [2.24, 2.45) is 0 Å². The van der Waals surface area contributed by atoms with Crippen LogP contribution in [0.25, 0.3) is 20.8 Å². The van der Waals surface area contributed by atoms with Crippen LogP contribution in [0.3, 0.4) is 0 Å². The summed E-state index contributed by atoms with van der Waals surface area (Å²) in [6, 6.07) is 20.8. The maximum Gasteiger partial charge on any atom is 0.224 e. The van der Waals surface area contributed by atoms with E-state index in [2.05, 4.69) is 10.3 Å². The largest absolute Gasteiger partial charge is 0.505 e. The third-order valence-corrected chi connectivity index (χ3v) is 5.64. The topological polar surface area (TPSA) is 62.2 Å². The van der Waals surface area contributed by atoms with E-state index in [0.29, 0.717) is 34.1 Å². The minimum absolute atomic E-state index is 0.0310. The zero-order chi connectivity index (χ0) is 19.5. The molecule has 0 radical (unpaired) electrons. The molecule has 0 fully saturated rings. The molecule has 0 aliphatic rings. The number of hydrogen-bond acceptors (Lipinski definition) is 4. The van der Waals surface area contributed by atoms with Gasteiger partial charge in [-0.1, -0.05) is 54.1 Å². The number of amides is 1. The average Bonchev–Trinajstić information content (AvgIpc) is 3.13. The second-order valence-corrected chi connectivity index (χ2v) is 7.84. The van der Waals surface area contributed by atoms with E-state index in [1.165, 1.54) is 11.3 Å². The number of anilines is 1. The van der Waals surface area contributed by atoms with Crippen LogP contribution in [-0.2, 0) is 11.2 Å². The maximum absolute atomic E-state index is 12.4. The quantitative estimate of drug-likeness (QED) is 0.404. The van der Waals surface area contributed by atoms with Crippen LogP contribution in [0, 0.1) is 0 Å². The number of para-hydroxylation sites is 1. The Morgan fingerprint density at radius 1 is 1.07 bits per heavy atom. The molecule has 0 saturated heterocycles. The minimum atomic E-state index is -0.184. The molecule has 3 aromatic carbocycles. The number of aromatic nitrogens is 1. The third-order valence-electron chi connectivity index (χ3n) is 4.36. The summed E-state index contributed by atoms with van der Waals surface area (Å²) in [6.45, 7) is 0. The summed E-state index contributed by atoms with van der Waals surface area (Å²) in [6.07, 6.45) is 0.936. The lowest BCUT2D eigenvalue weighted by molar-refractivity contribution is -0.116. The first-order valence-electron chi connectivity index (χ1n) is 8.82. The van der Waals surface area contributed by atoms with Crippen LogP contribution in [0.1, 0.15) is 12.0 Å². The van der Waals surface area contributed by atoms with Crippen LogP contribution >= 0.6 is 22.9 Å². The van der Waals surface area contributed by atoms with Crippen LogP contribution in [0.5, 0.6) is 5.75 Å². The van der Waals surface area contributed by atoms with Crippen LogP contribution in [0.15, 0.2) is 66.7 Å². The lowest BCUT2D eigenvalue weighted by Gasteiger charge is -2.11. The van der Waals surface area contributed by atoms with Crippen molar-refractivity contribution in [1.29, 1.82) is 0 Å². The van der Waals surface area contributed by atoms with Gasteiger partial charge in [-0.15, -0.1) is 11.3 Å². The van der Waals surface area contributed by atoms with Crippen molar-refractivity contribution < 1.29 is 9.90 Å². The highest BCUT2D eigenvalue weighted by Gasteiger charge is 2.16. The zero-order valence-electron chi connectivity index (χ0n) is 14.9. The van der Waals surface area contributed by atoms with Crippen LogP contribution in [0.4, 0.5) is 5.69 Å². The van der Waals surface area contributed by atoms with Gasteiger partial charge in [0.05, 0.1) is 21.5 Å². The first kappa shape index (κ1) is 18.5. The SMILES string of the molecule is O=C(CCc1ccccc1)Nc1cc(Cl)cc(-c2nc3ccccc3s2)c1O. The highest BCUT2D eigenvalue weighted by molar-refractivity contribution is 7.21. The first-order valence-corrected chi connectivity index (χ1v) is 10.0. The number of thiazole rings is 1. The van der Waals surface area contributed by atoms with Crippen LogP contribution in [0.2, 0.25) is 5.02 Å². The number of phenols is 1. The molecule has 2 N–H and O–H groups in total. The second kappa shape index (κ2) is 8.00. The number of nitrogens with one attached hydrogen (secondary N) is 1. The Balaban J connectivity index is 1.57. The molecular weight excluding hydrogens is 392 g/mol. The molecule has 0 saturated carbocycles. The Morgan fingerprint density at radius 3 is 2.61 bits per heavy atom. The van der Waals surface area contributed by atoms with Gasteiger partial charge in [0.25, 0.3) is 0 Å². The molecule has 1 amide bonds. The van der Waals surface area contributed by atoms with Gasteiger partial charge in [0.15, 0.2) is 0 Å². The standard InChI is InChI=1S/C22H17ClN2O2S/c23-15-12-16(22-25-17-8-4-5-9-19(17)28-22)21(27)18(13-15)24-20(26)11-10-14-6-2-1-3-7-14/h1-9,12-13,27H,10-11H2,(H,24,26). The number of nitrogens with zero attached hydrogens (tertiary/aromatic N) is 1. The Bertz CT molecular complexity index is 1110. The molecule has 1 aromatic heterocycles. The number of halogens is 1. The second-order valence-electron chi connectivity index (χ2n) is 6.37. The maximum atomic E-state index is 12.4. The Morgan fingerprint density at radius 2 is 1.82 bits per heavy atom. The number of benzene rings is 3. The number of aromatic hydroxyl groups is 1. The van der Waals surface area contributed by atoms with Gasteiger partial charge < -0.3 is 10.4 Å². The Kier molecular flexibility index (Phi) is 5.28. The monoisotopic (exact) mass is 408 g/mol. The van der Waals surface area contributed by atoms with E-state index in [-0.39, 0.29) is 11.7 Å². The van der Waals surface area contributed by atoms with Gasteiger partial charge >= 0.3 is 0 Å². The summed E-state index contributed by atoms with van der Waals surface area (Å²) in [7, 11) is 0. The molecule has 4 rings (SSSR count). The Labute approximate surface area is 171 Å². The predicted octanol–water partition coefficient (Wildman–Crippen LogP) is 5.89. The summed E-state index contributed by atoms with van der Waals surface area (Å²) >= 11 is 7.71. The van der Waals surface area contributed by atoms with Gasteiger partial charge in [-0.2, -0.15) is 0 Å². The van der Waals surface area contributed by atoms with Gasteiger partial charge in [-0.3, -0.25) is 4.79 Å². The van der Waals surface area contributed by atoms with E-state index in [4.69, 9.17) is 11.6 Å². The smallest absolute Gasteiger partial charge is 0.224 e. The normalized spacial score (nSPS) is 10.9. The molecule has 0 aliphatic carbocycles. The van der Waals surface area contributed by atoms with Gasteiger partial charge in [0.2, 0.25) is 5.91 Å². The van der Waals surface area contributed by atoms with Crippen molar-refractivity contribution >= 4 is 44.7 Å². The molecule has 0 atom stereocenters. The van der Waals surface area contributed by atoms with Crippen LogP contribution < -0.4 is 5.32 Å². The fourth-order valence-electron chi connectivity index (χ4n) is 2.96. The lowest BCUT2D eigenvalue weighted by Crippen LogP contribution is -2.12. The molecule has 6 heteroatoms.